The summed E-state index contributed by atoms with van der Waals surface area (Å²) >= 11 is 3.27. The normalized spacial score (nSPS) is 9.08. The van der Waals surface area contributed by atoms with E-state index in [1.807, 2.05) is 19.1 Å². The maximum absolute atomic E-state index is 11.1. The van der Waals surface area contributed by atoms with Crippen LogP contribution in [0.15, 0.2) is 22.7 Å². The van der Waals surface area contributed by atoms with Crippen LogP contribution in [0.1, 0.15) is 15.9 Å². The average molecular weight is 223 g/mol. The first kappa shape index (κ1) is 9.02. The van der Waals surface area contributed by atoms with Crippen molar-refractivity contribution in [1.29, 1.82) is 0 Å². The van der Waals surface area contributed by atoms with Crippen molar-refractivity contribution in [3.63, 3.8) is 0 Å². The second-order valence-electron chi connectivity index (χ2n) is 2.46. The molecule has 0 aliphatic rings. The molecule has 1 aromatic rings. The highest BCUT2D eigenvalue weighted by Crippen LogP contribution is 2.18. The fourth-order valence-corrected chi connectivity index (χ4v) is 1.56. The topological polar surface area (TPSA) is 17.1 Å². The molecule has 0 atom stereocenters. The zero-order valence-electron chi connectivity index (χ0n) is 6.60. The van der Waals surface area contributed by atoms with Crippen LogP contribution in [0.3, 0.4) is 0 Å². The first-order chi connectivity index (χ1) is 5.65. The summed E-state index contributed by atoms with van der Waals surface area (Å²) in [5, 5.41) is 0. The van der Waals surface area contributed by atoms with Gasteiger partial charge in [-0.1, -0.05) is 6.07 Å². The summed E-state index contributed by atoms with van der Waals surface area (Å²) in [5.41, 5.74) is 1.64. The van der Waals surface area contributed by atoms with Crippen LogP contribution >= 0.6 is 15.9 Å². The van der Waals surface area contributed by atoms with Crippen molar-refractivity contribution in [3.8, 4) is 12.3 Å². The standard InChI is InChI=1S/C10H7BrO/c1-3-10(12)8-5-4-7(2)6-9(8)11/h1,4-6H,2H3. The highest BCUT2D eigenvalue weighted by Gasteiger charge is 2.05. The molecule has 0 saturated carbocycles. The molecule has 0 aliphatic carbocycles. The van der Waals surface area contributed by atoms with E-state index in [-0.39, 0.29) is 5.78 Å². The quantitative estimate of drug-likeness (QED) is 0.406. The highest BCUT2D eigenvalue weighted by atomic mass is 79.9. The summed E-state index contributed by atoms with van der Waals surface area (Å²) in [4.78, 5) is 11.1. The van der Waals surface area contributed by atoms with Crippen LogP contribution in [0.4, 0.5) is 0 Å². The Morgan fingerprint density at radius 3 is 2.75 bits per heavy atom. The van der Waals surface area contributed by atoms with Gasteiger partial charge in [-0.2, -0.15) is 0 Å². The summed E-state index contributed by atoms with van der Waals surface area (Å²) in [7, 11) is 0. The minimum Gasteiger partial charge on any atom is -0.279 e. The summed E-state index contributed by atoms with van der Waals surface area (Å²) in [6.45, 7) is 1.95. The molecule has 12 heavy (non-hydrogen) atoms. The summed E-state index contributed by atoms with van der Waals surface area (Å²) in [5.74, 6) is 1.78. The van der Waals surface area contributed by atoms with Crippen molar-refractivity contribution in [1.82, 2.24) is 0 Å². The molecular formula is C10H7BrO. The summed E-state index contributed by atoms with van der Waals surface area (Å²) < 4.78 is 0.755. The Labute approximate surface area is 79.9 Å². The Balaban J connectivity index is 3.20. The van der Waals surface area contributed by atoms with Gasteiger partial charge in [0, 0.05) is 10.0 Å². The van der Waals surface area contributed by atoms with Gasteiger partial charge < -0.3 is 0 Å². The molecule has 0 unspecified atom stereocenters. The zero-order chi connectivity index (χ0) is 9.14. The lowest BCUT2D eigenvalue weighted by Gasteiger charge is -1.99. The molecule has 1 rings (SSSR count). The van der Waals surface area contributed by atoms with Gasteiger partial charge in [0.25, 0.3) is 0 Å². The lowest BCUT2D eigenvalue weighted by molar-refractivity contribution is 0.105. The van der Waals surface area contributed by atoms with Crippen LogP contribution in [0, 0.1) is 19.3 Å². The Hall–Kier alpha value is -1.07. The van der Waals surface area contributed by atoms with Gasteiger partial charge in [-0.05, 0) is 46.5 Å². The van der Waals surface area contributed by atoms with Gasteiger partial charge in [0.2, 0.25) is 5.78 Å². The number of aryl methyl sites for hydroxylation is 1. The number of ketones is 1. The van der Waals surface area contributed by atoms with Crippen LogP contribution in [-0.4, -0.2) is 5.78 Å². The summed E-state index contributed by atoms with van der Waals surface area (Å²) in [6.07, 6.45) is 4.99. The van der Waals surface area contributed by atoms with Gasteiger partial charge in [-0.3, -0.25) is 4.79 Å². The van der Waals surface area contributed by atoms with E-state index in [9.17, 15) is 4.79 Å². The molecule has 0 bridgehead atoms. The summed E-state index contributed by atoms with van der Waals surface area (Å²) in [6, 6.07) is 5.45. The first-order valence-corrected chi connectivity index (χ1v) is 4.21. The van der Waals surface area contributed by atoms with Gasteiger partial charge >= 0.3 is 0 Å². The van der Waals surface area contributed by atoms with E-state index in [2.05, 4.69) is 21.9 Å². The maximum atomic E-state index is 11.1. The number of rotatable bonds is 1. The van der Waals surface area contributed by atoms with Crippen LogP contribution in [0.25, 0.3) is 0 Å². The third-order valence-electron chi connectivity index (χ3n) is 1.50. The number of carbonyl (C=O) groups excluding carboxylic acids is 1. The number of Topliss-reactive ketones (excluding diaryl/α,β-unsaturated/α-hetero) is 1. The average Bonchev–Trinajstić information content (AvgIpc) is 2.03. The Morgan fingerprint density at radius 2 is 2.25 bits per heavy atom. The molecule has 0 fully saturated rings. The molecule has 0 aromatic heterocycles. The minimum atomic E-state index is -0.290. The molecule has 2 heteroatoms. The molecule has 0 saturated heterocycles. The van der Waals surface area contributed by atoms with Gasteiger partial charge in [-0.25, -0.2) is 0 Å². The van der Waals surface area contributed by atoms with Crippen molar-refractivity contribution >= 4 is 21.7 Å². The van der Waals surface area contributed by atoms with Crippen molar-refractivity contribution in [3.05, 3.63) is 33.8 Å². The number of hydrogen-bond donors (Lipinski definition) is 0. The van der Waals surface area contributed by atoms with Gasteiger partial charge in [-0.15, -0.1) is 6.42 Å². The van der Waals surface area contributed by atoms with E-state index < -0.39 is 0 Å². The van der Waals surface area contributed by atoms with Crippen molar-refractivity contribution in [2.24, 2.45) is 0 Å². The Kier molecular flexibility index (Phi) is 2.67. The molecule has 0 radical (unpaired) electrons. The number of hydrogen-bond acceptors (Lipinski definition) is 1. The molecule has 0 aliphatic heterocycles. The molecule has 60 valence electrons. The van der Waals surface area contributed by atoms with Crippen LogP contribution in [0.5, 0.6) is 0 Å². The van der Waals surface area contributed by atoms with E-state index in [4.69, 9.17) is 6.42 Å². The molecule has 1 aromatic carbocycles. The largest absolute Gasteiger partial charge is 0.279 e. The van der Waals surface area contributed by atoms with E-state index in [1.54, 1.807) is 6.07 Å². The lowest BCUT2D eigenvalue weighted by Crippen LogP contribution is -1.95. The van der Waals surface area contributed by atoms with Crippen molar-refractivity contribution < 1.29 is 4.79 Å². The van der Waals surface area contributed by atoms with E-state index in [0.717, 1.165) is 10.0 Å². The first-order valence-electron chi connectivity index (χ1n) is 3.42. The number of benzene rings is 1. The molecule has 0 spiro atoms. The minimum absolute atomic E-state index is 0.290. The maximum Gasteiger partial charge on any atom is 0.236 e. The molecule has 0 N–H and O–H groups in total. The molecule has 1 nitrogen and oxygen atoms in total. The zero-order valence-corrected chi connectivity index (χ0v) is 8.18. The predicted molar refractivity (Wildman–Crippen MR) is 52.0 cm³/mol. The fraction of sp³-hybridized carbons (Fsp3) is 0.100. The van der Waals surface area contributed by atoms with Crippen molar-refractivity contribution in [2.75, 3.05) is 0 Å². The third-order valence-corrected chi connectivity index (χ3v) is 2.16. The smallest absolute Gasteiger partial charge is 0.236 e. The molecule has 0 heterocycles. The predicted octanol–water partition coefficient (Wildman–Crippen LogP) is 2.57. The van der Waals surface area contributed by atoms with Crippen LogP contribution in [0.2, 0.25) is 0 Å². The lowest BCUT2D eigenvalue weighted by atomic mass is 10.1. The van der Waals surface area contributed by atoms with Gasteiger partial charge in [0.1, 0.15) is 0 Å². The Bertz CT molecular complexity index is 361. The van der Waals surface area contributed by atoms with Gasteiger partial charge in [0.05, 0.1) is 0 Å². The SMILES string of the molecule is C#CC(=O)c1ccc(C)cc1Br. The second kappa shape index (κ2) is 3.55. The second-order valence-corrected chi connectivity index (χ2v) is 3.31. The van der Waals surface area contributed by atoms with E-state index in [0.29, 0.717) is 5.56 Å². The van der Waals surface area contributed by atoms with E-state index >= 15 is 0 Å². The number of carbonyl (C=O) groups is 1. The molecular weight excluding hydrogens is 216 g/mol. The van der Waals surface area contributed by atoms with E-state index in [1.165, 1.54) is 0 Å². The number of halogens is 1. The number of terminal acetylenes is 1. The van der Waals surface area contributed by atoms with Gasteiger partial charge in [0.15, 0.2) is 0 Å². The fourth-order valence-electron chi connectivity index (χ4n) is 0.882. The monoisotopic (exact) mass is 222 g/mol. The molecule has 0 amide bonds. The third kappa shape index (κ3) is 1.75. The highest BCUT2D eigenvalue weighted by molar-refractivity contribution is 9.10. The van der Waals surface area contributed by atoms with Crippen LogP contribution in [-0.2, 0) is 0 Å². The van der Waals surface area contributed by atoms with Crippen LogP contribution < -0.4 is 0 Å². The Morgan fingerprint density at radius 1 is 1.58 bits per heavy atom. The van der Waals surface area contributed by atoms with Crippen molar-refractivity contribution in [2.45, 2.75) is 6.92 Å².